The Labute approximate surface area is 163 Å². The number of carbonyl (C=O) groups excluding carboxylic acids is 1. The van der Waals surface area contributed by atoms with Gasteiger partial charge >= 0.3 is 0 Å². The van der Waals surface area contributed by atoms with Crippen molar-refractivity contribution in [2.24, 2.45) is 0 Å². The number of unbranched alkanes of at least 4 members (excludes halogenated alkanes) is 6. The van der Waals surface area contributed by atoms with Gasteiger partial charge in [-0.1, -0.05) is 57.6 Å². The molecule has 1 amide bonds. The summed E-state index contributed by atoms with van der Waals surface area (Å²) in [5.41, 5.74) is 2.31. The summed E-state index contributed by atoms with van der Waals surface area (Å²) in [4.78, 5) is 19.5. The van der Waals surface area contributed by atoms with Gasteiger partial charge in [-0.25, -0.2) is 4.98 Å². The molecule has 0 radical (unpaired) electrons. The van der Waals surface area contributed by atoms with Crippen molar-refractivity contribution in [1.82, 2.24) is 14.5 Å². The Balaban J connectivity index is 1.44. The van der Waals surface area contributed by atoms with Gasteiger partial charge in [0, 0.05) is 31.5 Å². The highest BCUT2D eigenvalue weighted by molar-refractivity contribution is 5.81. The lowest BCUT2D eigenvalue weighted by Crippen LogP contribution is -2.27. The number of carbonyl (C=O) groups is 1. The standard InChI is InChI=1S/C23H33N3O/c1-2-3-4-5-6-7-10-15-25-21-12-9-8-11-20(21)24-23(25)18-16-22(27)26(17-18)19-13-14-19/h8-9,11-12,18-19H,2-7,10,13-17H2,1H3. The van der Waals surface area contributed by atoms with Gasteiger partial charge in [0.1, 0.15) is 5.82 Å². The minimum atomic E-state index is 0.259. The molecule has 1 aromatic heterocycles. The molecule has 1 atom stereocenters. The number of benzene rings is 1. The smallest absolute Gasteiger partial charge is 0.223 e. The van der Waals surface area contributed by atoms with Gasteiger partial charge in [-0.15, -0.1) is 0 Å². The summed E-state index contributed by atoms with van der Waals surface area (Å²) >= 11 is 0. The van der Waals surface area contributed by atoms with Crippen LogP contribution in [0.4, 0.5) is 0 Å². The number of imidazole rings is 1. The van der Waals surface area contributed by atoms with Crippen molar-refractivity contribution in [2.45, 2.75) is 89.6 Å². The Morgan fingerprint density at radius 2 is 1.78 bits per heavy atom. The number of likely N-dealkylation sites (tertiary alicyclic amines) is 1. The molecular weight excluding hydrogens is 334 g/mol. The molecule has 2 fully saturated rings. The van der Waals surface area contributed by atoms with Crippen LogP contribution in [0.15, 0.2) is 24.3 Å². The summed E-state index contributed by atoms with van der Waals surface area (Å²) in [6.07, 6.45) is 12.2. The fourth-order valence-corrected chi connectivity index (χ4v) is 4.51. The van der Waals surface area contributed by atoms with Gasteiger partial charge in [-0.3, -0.25) is 4.79 Å². The van der Waals surface area contributed by atoms with Crippen molar-refractivity contribution in [3.8, 4) is 0 Å². The second-order valence-corrected chi connectivity index (χ2v) is 8.41. The average Bonchev–Trinajstić information content (AvgIpc) is 3.35. The lowest BCUT2D eigenvalue weighted by molar-refractivity contribution is -0.128. The van der Waals surface area contributed by atoms with Crippen LogP contribution in [0.5, 0.6) is 0 Å². The van der Waals surface area contributed by atoms with E-state index in [9.17, 15) is 4.79 Å². The second kappa shape index (κ2) is 8.45. The zero-order valence-corrected chi connectivity index (χ0v) is 16.7. The van der Waals surface area contributed by atoms with Gasteiger partial charge < -0.3 is 9.47 Å². The molecule has 0 spiro atoms. The van der Waals surface area contributed by atoms with E-state index in [2.05, 4.69) is 40.7 Å². The van der Waals surface area contributed by atoms with E-state index < -0.39 is 0 Å². The molecule has 0 N–H and O–H groups in total. The van der Waals surface area contributed by atoms with Crippen LogP contribution in [0, 0.1) is 0 Å². The molecule has 1 saturated carbocycles. The van der Waals surface area contributed by atoms with Gasteiger partial charge in [0.2, 0.25) is 5.91 Å². The number of aromatic nitrogens is 2. The molecule has 2 heterocycles. The molecule has 1 aromatic carbocycles. The normalized spacial score (nSPS) is 20.1. The summed E-state index contributed by atoms with van der Waals surface area (Å²) in [5.74, 6) is 1.73. The number of amides is 1. The topological polar surface area (TPSA) is 38.1 Å². The Morgan fingerprint density at radius 3 is 2.56 bits per heavy atom. The fourth-order valence-electron chi connectivity index (χ4n) is 4.51. The van der Waals surface area contributed by atoms with E-state index in [1.54, 1.807) is 0 Å². The third kappa shape index (κ3) is 4.20. The summed E-state index contributed by atoms with van der Waals surface area (Å²) in [6.45, 7) is 4.16. The first-order valence-corrected chi connectivity index (χ1v) is 11.0. The summed E-state index contributed by atoms with van der Waals surface area (Å²) in [7, 11) is 0. The number of hydrogen-bond acceptors (Lipinski definition) is 2. The summed E-state index contributed by atoms with van der Waals surface area (Å²) in [5, 5.41) is 0. The van der Waals surface area contributed by atoms with Crippen LogP contribution in [0.25, 0.3) is 11.0 Å². The predicted octanol–water partition coefficient (Wildman–Crippen LogP) is 5.27. The highest BCUT2D eigenvalue weighted by Crippen LogP contribution is 2.37. The number of fused-ring (bicyclic) bond motifs is 1. The highest BCUT2D eigenvalue weighted by atomic mass is 16.2. The van der Waals surface area contributed by atoms with Crippen LogP contribution >= 0.6 is 0 Å². The lowest BCUT2D eigenvalue weighted by Gasteiger charge is -2.16. The van der Waals surface area contributed by atoms with E-state index >= 15 is 0 Å². The molecule has 27 heavy (non-hydrogen) atoms. The van der Waals surface area contributed by atoms with Crippen LogP contribution in [0.3, 0.4) is 0 Å². The van der Waals surface area contributed by atoms with E-state index in [-0.39, 0.29) is 5.92 Å². The molecule has 1 unspecified atom stereocenters. The number of rotatable bonds is 10. The number of aryl methyl sites for hydroxylation is 1. The van der Waals surface area contributed by atoms with E-state index in [0.717, 1.165) is 24.4 Å². The molecule has 0 bridgehead atoms. The van der Waals surface area contributed by atoms with Crippen LogP contribution < -0.4 is 0 Å². The van der Waals surface area contributed by atoms with Crippen LogP contribution in [0.1, 0.15) is 82.9 Å². The van der Waals surface area contributed by atoms with E-state index in [1.807, 2.05) is 0 Å². The van der Waals surface area contributed by atoms with Crippen LogP contribution in [0.2, 0.25) is 0 Å². The molecule has 4 heteroatoms. The zero-order valence-electron chi connectivity index (χ0n) is 16.7. The third-order valence-electron chi connectivity index (χ3n) is 6.18. The maximum absolute atomic E-state index is 12.4. The Kier molecular flexibility index (Phi) is 5.80. The van der Waals surface area contributed by atoms with Gasteiger partial charge in [-0.2, -0.15) is 0 Å². The summed E-state index contributed by atoms with van der Waals surface area (Å²) < 4.78 is 2.41. The van der Waals surface area contributed by atoms with E-state index in [1.165, 1.54) is 63.3 Å². The van der Waals surface area contributed by atoms with Crippen LogP contribution in [-0.2, 0) is 11.3 Å². The minimum absolute atomic E-state index is 0.259. The largest absolute Gasteiger partial charge is 0.339 e. The third-order valence-corrected chi connectivity index (χ3v) is 6.18. The van der Waals surface area contributed by atoms with Crippen molar-refractivity contribution in [3.63, 3.8) is 0 Å². The maximum atomic E-state index is 12.4. The van der Waals surface area contributed by atoms with Crippen molar-refractivity contribution < 1.29 is 4.79 Å². The lowest BCUT2D eigenvalue weighted by atomic mass is 10.1. The SMILES string of the molecule is CCCCCCCCCn1c(C2CC(=O)N(C3CC3)C2)nc2ccccc21. The zero-order chi connectivity index (χ0) is 18.6. The van der Waals surface area contributed by atoms with Gasteiger partial charge in [-0.05, 0) is 31.4 Å². The predicted molar refractivity (Wildman–Crippen MR) is 110 cm³/mol. The van der Waals surface area contributed by atoms with Crippen molar-refractivity contribution >= 4 is 16.9 Å². The molecule has 146 valence electrons. The van der Waals surface area contributed by atoms with Crippen molar-refractivity contribution in [3.05, 3.63) is 30.1 Å². The molecule has 4 nitrogen and oxygen atoms in total. The summed E-state index contributed by atoms with van der Waals surface area (Å²) in [6, 6.07) is 8.97. The van der Waals surface area contributed by atoms with Crippen molar-refractivity contribution in [1.29, 1.82) is 0 Å². The van der Waals surface area contributed by atoms with Gasteiger partial charge in [0.15, 0.2) is 0 Å². The molecular formula is C23H33N3O. The molecule has 1 aliphatic carbocycles. The highest BCUT2D eigenvalue weighted by Gasteiger charge is 2.41. The molecule has 1 saturated heterocycles. The Morgan fingerprint density at radius 1 is 1.04 bits per heavy atom. The Hall–Kier alpha value is -1.84. The number of para-hydroxylation sites is 2. The van der Waals surface area contributed by atoms with Gasteiger partial charge in [0.25, 0.3) is 0 Å². The Bertz CT molecular complexity index is 777. The molecule has 1 aliphatic heterocycles. The maximum Gasteiger partial charge on any atom is 0.223 e. The first-order chi connectivity index (χ1) is 13.3. The molecule has 2 aromatic rings. The van der Waals surface area contributed by atoms with Crippen molar-refractivity contribution in [2.75, 3.05) is 6.54 Å². The molecule has 2 aliphatic rings. The fraction of sp³-hybridized carbons (Fsp3) is 0.652. The van der Waals surface area contributed by atoms with E-state index in [0.29, 0.717) is 18.4 Å². The van der Waals surface area contributed by atoms with E-state index in [4.69, 9.17) is 4.98 Å². The average molecular weight is 368 g/mol. The first-order valence-electron chi connectivity index (χ1n) is 11.0. The minimum Gasteiger partial charge on any atom is -0.339 e. The quantitative estimate of drug-likeness (QED) is 0.537. The van der Waals surface area contributed by atoms with Crippen LogP contribution in [-0.4, -0.2) is 32.9 Å². The number of hydrogen-bond donors (Lipinski definition) is 0. The number of nitrogens with zero attached hydrogens (tertiary/aromatic N) is 3. The monoisotopic (exact) mass is 367 g/mol. The molecule has 4 rings (SSSR count). The first kappa shape index (κ1) is 18.5. The second-order valence-electron chi connectivity index (χ2n) is 8.41. The van der Waals surface area contributed by atoms with Gasteiger partial charge in [0.05, 0.1) is 11.0 Å².